The number of hydrogen-bond acceptors (Lipinski definition) is 6. The van der Waals surface area contributed by atoms with Gasteiger partial charge in [0.2, 0.25) is 0 Å². The molecule has 6 nitrogen and oxygen atoms in total. The SMILES string of the molecule is C=CCOCCOCCOCCOCCOC(=O)CCCCCCCCCCCCCCC. The number of ether oxygens (including phenoxy) is 5. The van der Waals surface area contributed by atoms with E-state index in [0.29, 0.717) is 65.9 Å². The van der Waals surface area contributed by atoms with Gasteiger partial charge in [0.15, 0.2) is 0 Å². The summed E-state index contributed by atoms with van der Waals surface area (Å²) in [5.41, 5.74) is 0. The van der Waals surface area contributed by atoms with Gasteiger partial charge in [-0.05, 0) is 6.42 Å². The van der Waals surface area contributed by atoms with Crippen molar-refractivity contribution in [3.8, 4) is 0 Å². The minimum atomic E-state index is -0.118. The Balaban J connectivity index is 3.14. The molecule has 0 N–H and O–H groups in total. The van der Waals surface area contributed by atoms with Crippen LogP contribution in [0.5, 0.6) is 0 Å². The molecule has 0 aromatic rings. The van der Waals surface area contributed by atoms with Crippen LogP contribution in [-0.4, -0.2) is 65.4 Å². The van der Waals surface area contributed by atoms with Crippen molar-refractivity contribution in [1.82, 2.24) is 0 Å². The molecule has 0 aliphatic heterocycles. The first-order chi connectivity index (χ1) is 16.3. The molecule has 0 saturated carbocycles. The largest absolute Gasteiger partial charge is 0.463 e. The average molecular weight is 473 g/mol. The van der Waals surface area contributed by atoms with Crippen LogP contribution in [0, 0.1) is 0 Å². The Morgan fingerprint density at radius 2 is 0.970 bits per heavy atom. The van der Waals surface area contributed by atoms with Gasteiger partial charge < -0.3 is 23.7 Å². The van der Waals surface area contributed by atoms with Crippen molar-refractivity contribution < 1.29 is 28.5 Å². The third-order valence-electron chi connectivity index (χ3n) is 5.33. The summed E-state index contributed by atoms with van der Waals surface area (Å²) in [7, 11) is 0. The molecule has 0 heterocycles. The van der Waals surface area contributed by atoms with E-state index >= 15 is 0 Å². The van der Waals surface area contributed by atoms with Crippen molar-refractivity contribution in [2.45, 2.75) is 96.8 Å². The third-order valence-corrected chi connectivity index (χ3v) is 5.33. The average Bonchev–Trinajstić information content (AvgIpc) is 2.82. The Bertz CT molecular complexity index is 402. The molecule has 0 aromatic carbocycles. The quantitative estimate of drug-likeness (QED) is 0.0760. The minimum Gasteiger partial charge on any atom is -0.463 e. The third kappa shape index (κ3) is 29.0. The van der Waals surface area contributed by atoms with Crippen LogP contribution in [0.1, 0.15) is 96.8 Å². The summed E-state index contributed by atoms with van der Waals surface area (Å²) in [5.74, 6) is -0.118. The molecule has 0 bridgehead atoms. The van der Waals surface area contributed by atoms with Crippen LogP contribution in [0.2, 0.25) is 0 Å². The van der Waals surface area contributed by atoms with Gasteiger partial charge in [0.05, 0.1) is 52.9 Å². The summed E-state index contributed by atoms with van der Waals surface area (Å²) >= 11 is 0. The molecule has 0 atom stereocenters. The highest BCUT2D eigenvalue weighted by Gasteiger charge is 2.02. The molecule has 0 amide bonds. The van der Waals surface area contributed by atoms with Crippen molar-refractivity contribution in [2.24, 2.45) is 0 Å². The van der Waals surface area contributed by atoms with Crippen molar-refractivity contribution >= 4 is 5.97 Å². The number of rotatable bonds is 28. The molecule has 0 aliphatic rings. The number of hydrogen-bond donors (Lipinski definition) is 0. The molecule has 0 aliphatic carbocycles. The van der Waals surface area contributed by atoms with E-state index in [1.54, 1.807) is 6.08 Å². The van der Waals surface area contributed by atoms with Crippen molar-refractivity contribution in [1.29, 1.82) is 0 Å². The highest BCUT2D eigenvalue weighted by molar-refractivity contribution is 5.69. The topological polar surface area (TPSA) is 63.2 Å². The summed E-state index contributed by atoms with van der Waals surface area (Å²) in [6, 6.07) is 0. The predicted molar refractivity (Wildman–Crippen MR) is 135 cm³/mol. The van der Waals surface area contributed by atoms with Gasteiger partial charge in [0, 0.05) is 6.42 Å². The predicted octanol–water partition coefficient (Wildman–Crippen LogP) is 6.26. The Morgan fingerprint density at radius 1 is 0.576 bits per heavy atom. The van der Waals surface area contributed by atoms with Crippen molar-refractivity contribution in [2.75, 3.05) is 59.5 Å². The van der Waals surface area contributed by atoms with Crippen LogP contribution in [0.4, 0.5) is 0 Å². The van der Waals surface area contributed by atoms with Crippen LogP contribution in [0.15, 0.2) is 12.7 Å². The van der Waals surface area contributed by atoms with Crippen LogP contribution in [-0.2, 0) is 28.5 Å². The van der Waals surface area contributed by atoms with Gasteiger partial charge >= 0.3 is 5.97 Å². The van der Waals surface area contributed by atoms with Crippen LogP contribution in [0.25, 0.3) is 0 Å². The fourth-order valence-electron chi connectivity index (χ4n) is 3.40. The first kappa shape index (κ1) is 32.0. The van der Waals surface area contributed by atoms with E-state index in [-0.39, 0.29) is 5.97 Å². The summed E-state index contributed by atoms with van der Waals surface area (Å²) in [5, 5.41) is 0. The van der Waals surface area contributed by atoms with E-state index in [1.165, 1.54) is 70.6 Å². The zero-order valence-corrected chi connectivity index (χ0v) is 21.5. The van der Waals surface area contributed by atoms with Gasteiger partial charge in [-0.2, -0.15) is 0 Å². The normalized spacial score (nSPS) is 11.1. The molecule has 0 unspecified atom stereocenters. The van der Waals surface area contributed by atoms with Crippen LogP contribution >= 0.6 is 0 Å². The van der Waals surface area contributed by atoms with E-state index in [2.05, 4.69) is 13.5 Å². The standard InChI is InChI=1S/C27H52O6/c1-3-5-6-7-8-9-10-11-12-13-14-15-16-17-27(28)33-26-25-32-24-23-31-22-21-30-20-19-29-18-4-2/h4H,2-3,5-26H2,1H3. The second-order valence-corrected chi connectivity index (χ2v) is 8.41. The number of esters is 1. The highest BCUT2D eigenvalue weighted by Crippen LogP contribution is 2.13. The second-order valence-electron chi connectivity index (χ2n) is 8.41. The zero-order chi connectivity index (χ0) is 24.1. The lowest BCUT2D eigenvalue weighted by Gasteiger charge is -2.08. The van der Waals surface area contributed by atoms with Crippen LogP contribution in [0.3, 0.4) is 0 Å². The Labute approximate surface area is 203 Å². The Kier molecular flexibility index (Phi) is 28.2. The number of carbonyl (C=O) groups excluding carboxylic acids is 1. The molecule has 196 valence electrons. The summed E-state index contributed by atoms with van der Waals surface area (Å²) < 4.78 is 26.6. The minimum absolute atomic E-state index is 0.118. The van der Waals surface area contributed by atoms with E-state index in [9.17, 15) is 4.79 Å². The van der Waals surface area contributed by atoms with E-state index in [1.807, 2.05) is 0 Å². The lowest BCUT2D eigenvalue weighted by Crippen LogP contribution is -2.14. The lowest BCUT2D eigenvalue weighted by atomic mass is 10.0. The molecule has 0 saturated heterocycles. The van der Waals surface area contributed by atoms with Gasteiger partial charge in [-0.25, -0.2) is 0 Å². The summed E-state index contributed by atoms with van der Waals surface area (Å²) in [4.78, 5) is 11.7. The van der Waals surface area contributed by atoms with Gasteiger partial charge in [-0.15, -0.1) is 6.58 Å². The van der Waals surface area contributed by atoms with E-state index in [4.69, 9.17) is 23.7 Å². The highest BCUT2D eigenvalue weighted by atomic mass is 16.6. The maximum Gasteiger partial charge on any atom is 0.305 e. The van der Waals surface area contributed by atoms with E-state index in [0.717, 1.165) is 12.8 Å². The smallest absolute Gasteiger partial charge is 0.305 e. The summed E-state index contributed by atoms with van der Waals surface area (Å²) in [6.07, 6.45) is 19.2. The molecular weight excluding hydrogens is 420 g/mol. The number of carbonyl (C=O) groups is 1. The molecule has 0 radical (unpaired) electrons. The van der Waals surface area contributed by atoms with Gasteiger partial charge in [0.25, 0.3) is 0 Å². The molecule has 0 spiro atoms. The second kappa shape index (κ2) is 29.1. The molecular formula is C27H52O6. The van der Waals surface area contributed by atoms with Gasteiger partial charge in [-0.1, -0.05) is 90.0 Å². The Morgan fingerprint density at radius 3 is 1.42 bits per heavy atom. The molecule has 6 heteroatoms. The maximum atomic E-state index is 11.7. The van der Waals surface area contributed by atoms with E-state index < -0.39 is 0 Å². The first-order valence-corrected chi connectivity index (χ1v) is 13.4. The first-order valence-electron chi connectivity index (χ1n) is 13.4. The van der Waals surface area contributed by atoms with Crippen molar-refractivity contribution in [3.05, 3.63) is 12.7 Å². The molecule has 0 fully saturated rings. The fourth-order valence-corrected chi connectivity index (χ4v) is 3.40. The summed E-state index contributed by atoms with van der Waals surface area (Å²) in [6.45, 7) is 10.3. The fraction of sp³-hybridized carbons (Fsp3) is 0.889. The Hall–Kier alpha value is -0.950. The zero-order valence-electron chi connectivity index (χ0n) is 21.5. The molecule has 0 rings (SSSR count). The van der Waals surface area contributed by atoms with Crippen LogP contribution < -0.4 is 0 Å². The maximum absolute atomic E-state index is 11.7. The monoisotopic (exact) mass is 472 g/mol. The number of unbranched alkanes of at least 4 members (excludes halogenated alkanes) is 12. The van der Waals surface area contributed by atoms with Gasteiger partial charge in [0.1, 0.15) is 6.61 Å². The van der Waals surface area contributed by atoms with Crippen molar-refractivity contribution in [3.63, 3.8) is 0 Å². The molecule has 0 aromatic heterocycles. The molecule has 33 heavy (non-hydrogen) atoms. The lowest BCUT2D eigenvalue weighted by molar-refractivity contribution is -0.145. The van der Waals surface area contributed by atoms with Gasteiger partial charge in [-0.3, -0.25) is 4.79 Å².